The quantitative estimate of drug-likeness (QED) is 0.781. The second-order valence-electron chi connectivity index (χ2n) is 4.51. The van der Waals surface area contributed by atoms with Crippen molar-refractivity contribution < 1.29 is 4.74 Å². The molecule has 0 saturated heterocycles. The van der Waals surface area contributed by atoms with E-state index in [-0.39, 0.29) is 6.10 Å². The van der Waals surface area contributed by atoms with Crippen LogP contribution < -0.4 is 5.32 Å². The number of likely N-dealkylation sites (N-methyl/N-ethyl adjacent to an activating group) is 1. The van der Waals surface area contributed by atoms with Crippen molar-refractivity contribution in [3.8, 4) is 0 Å². The van der Waals surface area contributed by atoms with E-state index in [0.29, 0.717) is 6.04 Å². The van der Waals surface area contributed by atoms with Crippen molar-refractivity contribution in [1.29, 1.82) is 0 Å². The van der Waals surface area contributed by atoms with E-state index in [2.05, 4.69) is 50.4 Å². The zero-order chi connectivity index (χ0) is 12.7. The molecule has 96 valence electrons. The Kier molecular flexibility index (Phi) is 6.23. The van der Waals surface area contributed by atoms with E-state index in [4.69, 9.17) is 4.74 Å². The Hall–Kier alpha value is -0.860. The summed E-state index contributed by atoms with van der Waals surface area (Å²) in [4.78, 5) is 0. The van der Waals surface area contributed by atoms with E-state index in [9.17, 15) is 0 Å². The first-order chi connectivity index (χ1) is 8.22. The lowest BCUT2D eigenvalue weighted by molar-refractivity contribution is 0.0611. The molecule has 1 aromatic rings. The summed E-state index contributed by atoms with van der Waals surface area (Å²) in [7, 11) is 1.80. The lowest BCUT2D eigenvalue weighted by Gasteiger charge is -2.27. The molecule has 2 atom stereocenters. The molecule has 0 spiro atoms. The van der Waals surface area contributed by atoms with Crippen LogP contribution in [0.3, 0.4) is 0 Å². The van der Waals surface area contributed by atoms with Gasteiger partial charge in [0, 0.05) is 7.11 Å². The van der Waals surface area contributed by atoms with Crippen molar-refractivity contribution in [3.63, 3.8) is 0 Å². The van der Waals surface area contributed by atoms with Gasteiger partial charge >= 0.3 is 0 Å². The average Bonchev–Trinajstić information content (AvgIpc) is 2.35. The molecule has 0 aliphatic rings. The second-order valence-corrected chi connectivity index (χ2v) is 4.51. The fourth-order valence-electron chi connectivity index (χ4n) is 2.16. The first kappa shape index (κ1) is 14.2. The van der Waals surface area contributed by atoms with E-state index in [1.54, 1.807) is 7.11 Å². The van der Waals surface area contributed by atoms with Crippen molar-refractivity contribution in [2.75, 3.05) is 13.7 Å². The van der Waals surface area contributed by atoms with E-state index in [1.165, 1.54) is 11.1 Å². The predicted octanol–water partition coefficient (Wildman–Crippen LogP) is 3.46. The fourth-order valence-corrected chi connectivity index (χ4v) is 2.16. The van der Waals surface area contributed by atoms with Crippen LogP contribution in [0.5, 0.6) is 0 Å². The summed E-state index contributed by atoms with van der Waals surface area (Å²) in [5, 5.41) is 3.53. The largest absolute Gasteiger partial charge is 0.379 e. The van der Waals surface area contributed by atoms with E-state index < -0.39 is 0 Å². The zero-order valence-electron chi connectivity index (χ0n) is 11.5. The molecule has 0 radical (unpaired) electrons. The number of hydrogen-bond acceptors (Lipinski definition) is 2. The SMILES string of the molecule is CCCC(OC)C(NCC)c1ccc(C)cc1. The van der Waals surface area contributed by atoms with Gasteiger partial charge in [-0.3, -0.25) is 0 Å². The van der Waals surface area contributed by atoms with E-state index >= 15 is 0 Å². The Morgan fingerprint density at radius 1 is 1.18 bits per heavy atom. The van der Waals surface area contributed by atoms with E-state index in [0.717, 1.165) is 19.4 Å². The van der Waals surface area contributed by atoms with Crippen molar-refractivity contribution in [1.82, 2.24) is 5.32 Å². The van der Waals surface area contributed by atoms with Crippen LogP contribution in [-0.4, -0.2) is 19.8 Å². The minimum Gasteiger partial charge on any atom is -0.379 e. The highest BCUT2D eigenvalue weighted by Gasteiger charge is 2.21. The molecule has 1 aromatic carbocycles. The monoisotopic (exact) mass is 235 g/mol. The molecular weight excluding hydrogens is 210 g/mol. The molecule has 0 aliphatic carbocycles. The minimum absolute atomic E-state index is 0.252. The summed E-state index contributed by atoms with van der Waals surface area (Å²) in [6.07, 6.45) is 2.48. The van der Waals surface area contributed by atoms with Crippen LogP contribution in [0.4, 0.5) is 0 Å². The highest BCUT2D eigenvalue weighted by molar-refractivity contribution is 5.25. The van der Waals surface area contributed by atoms with Gasteiger partial charge in [0.2, 0.25) is 0 Å². The van der Waals surface area contributed by atoms with Crippen molar-refractivity contribution >= 4 is 0 Å². The first-order valence-electron chi connectivity index (χ1n) is 6.55. The van der Waals surface area contributed by atoms with Crippen LogP contribution in [0.15, 0.2) is 24.3 Å². The summed E-state index contributed by atoms with van der Waals surface area (Å²) in [6.45, 7) is 7.41. The molecule has 0 amide bonds. The van der Waals surface area contributed by atoms with Gasteiger partial charge in [-0.2, -0.15) is 0 Å². The Labute approximate surface area is 105 Å². The van der Waals surface area contributed by atoms with Gasteiger partial charge in [0.15, 0.2) is 0 Å². The molecule has 0 saturated carbocycles. The normalized spacial score (nSPS) is 14.6. The van der Waals surface area contributed by atoms with Gasteiger partial charge in [0.1, 0.15) is 0 Å². The summed E-state index contributed by atoms with van der Waals surface area (Å²) in [6, 6.07) is 9.02. The number of aryl methyl sites for hydroxylation is 1. The first-order valence-corrected chi connectivity index (χ1v) is 6.55. The number of ether oxygens (including phenoxy) is 1. The summed E-state index contributed by atoms with van der Waals surface area (Å²) in [5.74, 6) is 0. The maximum absolute atomic E-state index is 5.63. The van der Waals surface area contributed by atoms with Gasteiger partial charge in [0.25, 0.3) is 0 Å². The molecule has 1 N–H and O–H groups in total. The predicted molar refractivity (Wildman–Crippen MR) is 73.3 cm³/mol. The summed E-state index contributed by atoms with van der Waals surface area (Å²) < 4.78 is 5.63. The Morgan fingerprint density at radius 2 is 1.82 bits per heavy atom. The lowest BCUT2D eigenvalue weighted by Crippen LogP contribution is -2.33. The van der Waals surface area contributed by atoms with Crippen LogP contribution in [-0.2, 0) is 4.74 Å². The zero-order valence-corrected chi connectivity index (χ0v) is 11.5. The van der Waals surface area contributed by atoms with Gasteiger partial charge in [0.05, 0.1) is 12.1 Å². The van der Waals surface area contributed by atoms with Crippen LogP contribution in [0, 0.1) is 6.92 Å². The highest BCUT2D eigenvalue weighted by Crippen LogP contribution is 2.22. The molecule has 0 heterocycles. The number of rotatable bonds is 7. The van der Waals surface area contributed by atoms with Gasteiger partial charge in [-0.05, 0) is 25.5 Å². The maximum atomic E-state index is 5.63. The Balaban J connectivity index is 2.86. The van der Waals surface area contributed by atoms with Crippen LogP contribution >= 0.6 is 0 Å². The average molecular weight is 235 g/mol. The van der Waals surface area contributed by atoms with Crippen LogP contribution in [0.1, 0.15) is 43.9 Å². The number of benzene rings is 1. The van der Waals surface area contributed by atoms with Crippen LogP contribution in [0.25, 0.3) is 0 Å². The molecule has 0 aliphatic heterocycles. The number of methoxy groups -OCH3 is 1. The third kappa shape index (κ3) is 4.14. The van der Waals surface area contributed by atoms with Crippen molar-refractivity contribution in [2.24, 2.45) is 0 Å². The van der Waals surface area contributed by atoms with Gasteiger partial charge in [-0.1, -0.05) is 50.1 Å². The topological polar surface area (TPSA) is 21.3 Å². The highest BCUT2D eigenvalue weighted by atomic mass is 16.5. The molecule has 2 unspecified atom stereocenters. The van der Waals surface area contributed by atoms with E-state index in [1.807, 2.05) is 0 Å². The summed E-state index contributed by atoms with van der Waals surface area (Å²) >= 11 is 0. The molecule has 0 bridgehead atoms. The smallest absolute Gasteiger partial charge is 0.0765 e. The van der Waals surface area contributed by atoms with Crippen LogP contribution in [0.2, 0.25) is 0 Å². The third-order valence-electron chi connectivity index (χ3n) is 3.11. The summed E-state index contributed by atoms with van der Waals surface area (Å²) in [5.41, 5.74) is 2.62. The van der Waals surface area contributed by atoms with Crippen molar-refractivity contribution in [2.45, 2.75) is 45.8 Å². The third-order valence-corrected chi connectivity index (χ3v) is 3.11. The molecule has 2 nitrogen and oxygen atoms in total. The van der Waals surface area contributed by atoms with Gasteiger partial charge in [-0.15, -0.1) is 0 Å². The number of hydrogen-bond donors (Lipinski definition) is 1. The Morgan fingerprint density at radius 3 is 2.29 bits per heavy atom. The second kappa shape index (κ2) is 7.46. The molecule has 17 heavy (non-hydrogen) atoms. The minimum atomic E-state index is 0.252. The Bertz CT molecular complexity index is 307. The van der Waals surface area contributed by atoms with Gasteiger partial charge in [-0.25, -0.2) is 0 Å². The molecule has 0 aromatic heterocycles. The standard InChI is InChI=1S/C15H25NO/c1-5-7-14(17-4)15(16-6-2)13-10-8-12(3)9-11-13/h8-11,14-16H,5-7H2,1-4H3. The fraction of sp³-hybridized carbons (Fsp3) is 0.600. The maximum Gasteiger partial charge on any atom is 0.0765 e. The number of nitrogens with one attached hydrogen (secondary N) is 1. The van der Waals surface area contributed by atoms with Crippen molar-refractivity contribution in [3.05, 3.63) is 35.4 Å². The molecule has 2 heteroatoms. The molecule has 1 rings (SSSR count). The van der Waals surface area contributed by atoms with Gasteiger partial charge < -0.3 is 10.1 Å². The lowest BCUT2D eigenvalue weighted by atomic mass is 9.97. The molecular formula is C15H25NO. The molecule has 0 fully saturated rings.